The maximum Gasteiger partial charge on any atom is 0.376 e. The smallest absolute Gasteiger partial charge is 0.376 e. The number of carbonyl (C=O) groups is 1. The number of aromatic nitrogens is 1. The number of hydrogen-bond acceptors (Lipinski definition) is 5. The Hall–Kier alpha value is -6.05. The molecule has 6 aromatic carbocycles. The summed E-state index contributed by atoms with van der Waals surface area (Å²) >= 11 is 1.76. The van der Waals surface area contributed by atoms with Gasteiger partial charge in [-0.25, -0.2) is 4.79 Å². The lowest BCUT2D eigenvalue weighted by atomic mass is 10.0. The van der Waals surface area contributed by atoms with Crippen LogP contribution in [0.25, 0.3) is 50.6 Å². The zero-order chi connectivity index (χ0) is 36.5. The summed E-state index contributed by atoms with van der Waals surface area (Å²) in [5.41, 5.74) is 11.7. The topological polar surface area (TPSA) is 60.8 Å². The van der Waals surface area contributed by atoms with E-state index in [0.717, 1.165) is 68.9 Å². The highest BCUT2D eigenvalue weighted by atomic mass is 32.2. The van der Waals surface area contributed by atoms with Crippen LogP contribution in [0, 0.1) is 0 Å². The van der Waals surface area contributed by atoms with Crippen LogP contribution in [0.15, 0.2) is 160 Å². The van der Waals surface area contributed by atoms with Gasteiger partial charge in [0.2, 0.25) is 5.58 Å². The second-order valence-corrected chi connectivity index (χ2v) is 14.2. The van der Waals surface area contributed by atoms with Gasteiger partial charge in [-0.05, 0) is 96.6 Å². The maximum atomic E-state index is 12.0. The Labute approximate surface area is 314 Å². The Kier molecular flexibility index (Phi) is 9.33. The average Bonchev–Trinajstić information content (AvgIpc) is 3.74. The Morgan fingerprint density at radius 3 is 1.92 bits per heavy atom. The van der Waals surface area contributed by atoms with Crippen molar-refractivity contribution in [3.63, 3.8) is 0 Å². The minimum atomic E-state index is -0.876. The molecule has 1 unspecified atom stereocenters. The average molecular weight is 715 g/mol. The molecular weight excluding hydrogens is 675 g/mol. The third-order valence-corrected chi connectivity index (χ3v) is 11.0. The standard InChI is InChI=1S/C46H39N3O3S/c1-4-47-40-28-36(34-18-16-33(17-19-34)32-12-8-6-9-13-32)22-26-42(40)52-44(47)30-45-48(5-2)41-29-37(23-27-43(41)53-45)35-20-24-39(25-21-35)49(31(3)46(50)51)38-14-10-7-11-15-38/h6-31H,4-5H2,1-3H3/p+1. The van der Waals surface area contributed by atoms with E-state index in [1.54, 1.807) is 18.7 Å². The summed E-state index contributed by atoms with van der Waals surface area (Å²) in [7, 11) is 0. The predicted molar refractivity (Wildman–Crippen MR) is 217 cm³/mol. The third-order valence-electron chi connectivity index (χ3n) is 9.92. The van der Waals surface area contributed by atoms with Crippen molar-refractivity contribution in [1.29, 1.82) is 0 Å². The van der Waals surface area contributed by atoms with Crippen molar-refractivity contribution < 1.29 is 18.9 Å². The summed E-state index contributed by atoms with van der Waals surface area (Å²) in [6, 6.07) is 49.3. The van der Waals surface area contributed by atoms with Crippen LogP contribution in [-0.4, -0.2) is 23.7 Å². The lowest BCUT2D eigenvalue weighted by molar-refractivity contribution is -0.674. The molecule has 0 bridgehead atoms. The summed E-state index contributed by atoms with van der Waals surface area (Å²) in [5.74, 6) is -0.0541. The second-order valence-electron chi connectivity index (χ2n) is 13.1. The first-order valence-corrected chi connectivity index (χ1v) is 18.8. The molecule has 0 saturated carbocycles. The highest BCUT2D eigenvalue weighted by molar-refractivity contribution is 8.03. The molecule has 7 heteroatoms. The lowest BCUT2D eigenvalue weighted by Crippen LogP contribution is -2.35. The first kappa shape index (κ1) is 34.1. The van der Waals surface area contributed by atoms with E-state index < -0.39 is 12.0 Å². The molecular formula is C46H40N3O3S+. The number of anilines is 3. The van der Waals surface area contributed by atoms with Crippen LogP contribution in [0.3, 0.4) is 0 Å². The van der Waals surface area contributed by atoms with Crippen LogP contribution in [0.4, 0.5) is 17.1 Å². The minimum absolute atomic E-state index is 0.721. The Morgan fingerprint density at radius 2 is 1.28 bits per heavy atom. The molecule has 1 aliphatic rings. The van der Waals surface area contributed by atoms with Crippen molar-refractivity contribution in [2.45, 2.75) is 38.3 Å². The van der Waals surface area contributed by atoms with Crippen molar-refractivity contribution in [2.75, 3.05) is 16.3 Å². The summed E-state index contributed by atoms with van der Waals surface area (Å²) in [4.78, 5) is 17.4. The van der Waals surface area contributed by atoms with Gasteiger partial charge in [-0.15, -0.1) is 0 Å². The number of aliphatic carboxylic acids is 1. The molecule has 53 heavy (non-hydrogen) atoms. The quantitative estimate of drug-likeness (QED) is 0.142. The van der Waals surface area contributed by atoms with Gasteiger partial charge in [-0.3, -0.25) is 0 Å². The summed E-state index contributed by atoms with van der Waals surface area (Å²) < 4.78 is 8.75. The van der Waals surface area contributed by atoms with Crippen molar-refractivity contribution >= 4 is 52.0 Å². The fourth-order valence-electron chi connectivity index (χ4n) is 7.13. The Balaban J connectivity index is 1.06. The number of hydrogen-bond donors (Lipinski definition) is 1. The molecule has 262 valence electrons. The number of carboxylic acid groups (broad SMARTS) is 1. The van der Waals surface area contributed by atoms with Gasteiger partial charge in [0.05, 0.1) is 16.8 Å². The van der Waals surface area contributed by atoms with Crippen LogP contribution in [0.5, 0.6) is 0 Å². The lowest BCUT2D eigenvalue weighted by Gasteiger charge is -2.29. The largest absolute Gasteiger partial charge is 0.480 e. The zero-order valence-corrected chi connectivity index (χ0v) is 30.8. The van der Waals surface area contributed by atoms with Crippen LogP contribution in [0.2, 0.25) is 0 Å². The maximum absolute atomic E-state index is 12.0. The SMILES string of the molecule is CCN1C(=Cc2oc3ccc(-c4ccc(-c5ccccc5)cc4)cc3[n+]2CC)Sc2ccc(-c3ccc(N(c4ccccc4)C(C)C(=O)O)cc3)cc21. The number of para-hydroxylation sites is 1. The van der Waals surface area contributed by atoms with Gasteiger partial charge >= 0.3 is 11.9 Å². The van der Waals surface area contributed by atoms with Gasteiger partial charge in [-0.2, -0.15) is 4.57 Å². The van der Waals surface area contributed by atoms with Crippen LogP contribution >= 0.6 is 11.8 Å². The Bertz CT molecular complexity index is 2440. The van der Waals surface area contributed by atoms with Gasteiger partial charge in [-0.1, -0.05) is 109 Å². The molecule has 1 atom stereocenters. The normalized spacial score (nSPS) is 13.7. The van der Waals surface area contributed by atoms with E-state index in [1.165, 1.54) is 21.6 Å². The molecule has 0 saturated heterocycles. The van der Waals surface area contributed by atoms with Gasteiger partial charge < -0.3 is 19.3 Å². The molecule has 0 amide bonds. The molecule has 0 radical (unpaired) electrons. The number of thioether (sulfide) groups is 1. The first-order valence-electron chi connectivity index (χ1n) is 18.0. The van der Waals surface area contributed by atoms with Gasteiger partial charge in [0.1, 0.15) is 12.6 Å². The minimum Gasteiger partial charge on any atom is -0.480 e. The molecule has 1 N–H and O–H groups in total. The molecule has 0 aliphatic carbocycles. The van der Waals surface area contributed by atoms with Crippen LogP contribution < -0.4 is 14.4 Å². The molecule has 2 heterocycles. The summed E-state index contributed by atoms with van der Waals surface area (Å²) in [5, 5.41) is 11.0. The van der Waals surface area contributed by atoms with E-state index in [9.17, 15) is 9.90 Å². The highest BCUT2D eigenvalue weighted by Crippen LogP contribution is 2.48. The molecule has 0 spiro atoms. The van der Waals surface area contributed by atoms with E-state index in [2.05, 4.69) is 126 Å². The number of fused-ring (bicyclic) bond motifs is 2. The number of benzene rings is 6. The fraction of sp³-hybridized carbons (Fsp3) is 0.130. The second kappa shape index (κ2) is 14.5. The first-order chi connectivity index (χ1) is 25.9. The van der Waals surface area contributed by atoms with Crippen LogP contribution in [-0.2, 0) is 11.3 Å². The molecule has 1 aromatic heterocycles. The molecule has 6 nitrogen and oxygen atoms in total. The van der Waals surface area contributed by atoms with E-state index >= 15 is 0 Å². The summed E-state index contributed by atoms with van der Waals surface area (Å²) in [6.45, 7) is 7.63. The van der Waals surface area contributed by atoms with E-state index in [0.29, 0.717) is 0 Å². The molecule has 7 aromatic rings. The Morgan fingerprint density at radius 1 is 0.736 bits per heavy atom. The number of carboxylic acids is 1. The summed E-state index contributed by atoms with van der Waals surface area (Å²) in [6.07, 6.45) is 2.17. The van der Waals surface area contributed by atoms with Crippen molar-refractivity contribution in [2.24, 2.45) is 0 Å². The third kappa shape index (κ3) is 6.60. The van der Waals surface area contributed by atoms with Crippen molar-refractivity contribution in [3.05, 3.63) is 157 Å². The van der Waals surface area contributed by atoms with E-state index in [-0.39, 0.29) is 0 Å². The molecule has 8 rings (SSSR count). The van der Waals surface area contributed by atoms with E-state index in [4.69, 9.17) is 4.42 Å². The zero-order valence-electron chi connectivity index (χ0n) is 29.9. The van der Waals surface area contributed by atoms with Gasteiger partial charge in [0.25, 0.3) is 5.52 Å². The molecule has 1 aliphatic heterocycles. The number of aryl methyl sites for hydroxylation is 1. The number of nitrogens with zero attached hydrogens (tertiary/aromatic N) is 3. The van der Waals surface area contributed by atoms with Gasteiger partial charge in [0, 0.05) is 28.9 Å². The van der Waals surface area contributed by atoms with Crippen molar-refractivity contribution in [1.82, 2.24) is 0 Å². The number of rotatable bonds is 10. The van der Waals surface area contributed by atoms with Crippen LogP contribution in [0.1, 0.15) is 26.7 Å². The highest BCUT2D eigenvalue weighted by Gasteiger charge is 2.29. The monoisotopic (exact) mass is 714 g/mol. The predicted octanol–water partition coefficient (Wildman–Crippen LogP) is 11.3. The van der Waals surface area contributed by atoms with Gasteiger partial charge in [0.15, 0.2) is 0 Å². The van der Waals surface area contributed by atoms with E-state index in [1.807, 2.05) is 53.4 Å². The molecule has 0 fully saturated rings. The number of oxazole rings is 1. The fourth-order valence-corrected chi connectivity index (χ4v) is 8.26. The van der Waals surface area contributed by atoms with Crippen molar-refractivity contribution in [3.8, 4) is 33.4 Å².